The second kappa shape index (κ2) is 5.84. The number of amides is 1. The first-order valence-electron chi connectivity index (χ1n) is 5.96. The third kappa shape index (κ3) is 3.03. The average molecular weight is 292 g/mol. The van der Waals surface area contributed by atoms with Crippen molar-refractivity contribution in [2.45, 2.75) is 6.92 Å². The van der Waals surface area contributed by atoms with E-state index >= 15 is 0 Å². The van der Waals surface area contributed by atoms with Crippen molar-refractivity contribution in [2.75, 3.05) is 12.4 Å². The summed E-state index contributed by atoms with van der Waals surface area (Å²) in [5.74, 6) is -0.0794. The van der Waals surface area contributed by atoms with Gasteiger partial charge in [-0.05, 0) is 42.8 Å². The summed E-state index contributed by atoms with van der Waals surface area (Å²) < 4.78 is 5.04. The van der Waals surface area contributed by atoms with Crippen LogP contribution in [0.1, 0.15) is 15.9 Å². The number of rotatable bonds is 3. The number of hydrogen-bond donors (Lipinski definition) is 2. The molecule has 0 heterocycles. The van der Waals surface area contributed by atoms with Crippen LogP contribution in [0.5, 0.6) is 11.5 Å². The molecule has 0 fully saturated rings. The molecule has 0 aliphatic heterocycles. The Kier molecular flexibility index (Phi) is 4.15. The molecule has 0 radical (unpaired) electrons. The van der Waals surface area contributed by atoms with Gasteiger partial charge in [0.05, 0.1) is 23.4 Å². The highest BCUT2D eigenvalue weighted by Crippen LogP contribution is 2.27. The van der Waals surface area contributed by atoms with Crippen LogP contribution in [0.4, 0.5) is 5.69 Å². The van der Waals surface area contributed by atoms with Gasteiger partial charge in [-0.2, -0.15) is 0 Å². The molecular weight excluding hydrogens is 278 g/mol. The summed E-state index contributed by atoms with van der Waals surface area (Å²) in [6.45, 7) is 1.90. The Bertz CT molecular complexity index is 656. The van der Waals surface area contributed by atoms with Crippen molar-refractivity contribution < 1.29 is 14.6 Å². The zero-order valence-corrected chi connectivity index (χ0v) is 11.9. The fourth-order valence-electron chi connectivity index (χ4n) is 1.75. The van der Waals surface area contributed by atoms with E-state index < -0.39 is 5.91 Å². The van der Waals surface area contributed by atoms with Crippen LogP contribution in [0.25, 0.3) is 0 Å². The largest absolute Gasteiger partial charge is 0.507 e. The molecule has 0 aliphatic rings. The Morgan fingerprint density at radius 1 is 1.25 bits per heavy atom. The van der Waals surface area contributed by atoms with Crippen LogP contribution < -0.4 is 10.1 Å². The third-order valence-electron chi connectivity index (χ3n) is 2.82. The smallest absolute Gasteiger partial charge is 0.259 e. The first-order valence-corrected chi connectivity index (χ1v) is 6.33. The molecule has 0 saturated heterocycles. The summed E-state index contributed by atoms with van der Waals surface area (Å²) >= 11 is 6.02. The van der Waals surface area contributed by atoms with Gasteiger partial charge in [-0.15, -0.1) is 0 Å². The van der Waals surface area contributed by atoms with Crippen LogP contribution >= 0.6 is 11.6 Å². The number of carbonyl (C=O) groups is 1. The maximum Gasteiger partial charge on any atom is 0.259 e. The first-order chi connectivity index (χ1) is 9.51. The van der Waals surface area contributed by atoms with Gasteiger partial charge in [-0.3, -0.25) is 4.79 Å². The molecule has 2 N–H and O–H groups in total. The minimum Gasteiger partial charge on any atom is -0.507 e. The fourth-order valence-corrected chi connectivity index (χ4v) is 1.91. The zero-order valence-electron chi connectivity index (χ0n) is 11.1. The van der Waals surface area contributed by atoms with Gasteiger partial charge in [0.1, 0.15) is 11.5 Å². The number of anilines is 1. The Morgan fingerprint density at radius 3 is 2.70 bits per heavy atom. The molecule has 20 heavy (non-hydrogen) atoms. The van der Waals surface area contributed by atoms with Crippen molar-refractivity contribution in [2.24, 2.45) is 0 Å². The van der Waals surface area contributed by atoms with E-state index in [0.717, 1.165) is 5.56 Å². The van der Waals surface area contributed by atoms with Gasteiger partial charge in [0.2, 0.25) is 0 Å². The van der Waals surface area contributed by atoms with Crippen molar-refractivity contribution >= 4 is 23.2 Å². The maximum atomic E-state index is 12.2. The van der Waals surface area contributed by atoms with Gasteiger partial charge in [0.15, 0.2) is 0 Å². The second-order valence-electron chi connectivity index (χ2n) is 4.32. The average Bonchev–Trinajstić information content (AvgIpc) is 2.43. The zero-order chi connectivity index (χ0) is 14.7. The molecule has 5 heteroatoms. The van der Waals surface area contributed by atoms with Gasteiger partial charge >= 0.3 is 0 Å². The summed E-state index contributed by atoms with van der Waals surface area (Å²) in [5, 5.41) is 12.9. The summed E-state index contributed by atoms with van der Waals surface area (Å²) in [4.78, 5) is 12.2. The van der Waals surface area contributed by atoms with Gasteiger partial charge in [-0.1, -0.05) is 17.7 Å². The number of nitrogens with one attached hydrogen (secondary N) is 1. The lowest BCUT2D eigenvalue weighted by Crippen LogP contribution is -2.12. The van der Waals surface area contributed by atoms with E-state index in [4.69, 9.17) is 16.3 Å². The number of methoxy groups -OCH3 is 1. The minimum absolute atomic E-state index is 0.118. The highest BCUT2D eigenvalue weighted by Gasteiger charge is 2.14. The summed E-state index contributed by atoms with van der Waals surface area (Å²) in [5.41, 5.74) is 1.60. The predicted octanol–water partition coefficient (Wildman–Crippen LogP) is 3.61. The molecule has 4 nitrogen and oxygen atoms in total. The molecule has 0 saturated carbocycles. The number of ether oxygens (including phenoxy) is 1. The van der Waals surface area contributed by atoms with E-state index in [2.05, 4.69) is 5.32 Å². The van der Waals surface area contributed by atoms with E-state index in [1.54, 1.807) is 18.2 Å². The molecule has 2 aromatic carbocycles. The number of phenols is 1. The third-order valence-corrected chi connectivity index (χ3v) is 3.15. The topological polar surface area (TPSA) is 58.6 Å². The molecule has 104 valence electrons. The Labute approximate surface area is 122 Å². The van der Waals surface area contributed by atoms with Crippen LogP contribution in [-0.2, 0) is 0 Å². The molecule has 0 atom stereocenters. The minimum atomic E-state index is -0.450. The highest BCUT2D eigenvalue weighted by atomic mass is 35.5. The number of aromatic hydroxyl groups is 1. The number of halogens is 1. The van der Waals surface area contributed by atoms with Crippen LogP contribution in [0.3, 0.4) is 0 Å². The predicted molar refractivity (Wildman–Crippen MR) is 78.8 cm³/mol. The monoisotopic (exact) mass is 291 g/mol. The Hall–Kier alpha value is -2.20. The molecule has 0 unspecified atom stereocenters. The van der Waals surface area contributed by atoms with Crippen molar-refractivity contribution in [3.8, 4) is 11.5 Å². The van der Waals surface area contributed by atoms with E-state index in [9.17, 15) is 9.90 Å². The second-order valence-corrected chi connectivity index (χ2v) is 4.73. The van der Waals surface area contributed by atoms with Gasteiger partial charge in [0.25, 0.3) is 5.91 Å². The normalized spacial score (nSPS) is 10.2. The van der Waals surface area contributed by atoms with Crippen LogP contribution in [0.2, 0.25) is 5.02 Å². The first kappa shape index (κ1) is 14.2. The lowest BCUT2D eigenvalue weighted by atomic mass is 10.1. The summed E-state index contributed by atoms with van der Waals surface area (Å²) in [6, 6.07) is 9.77. The van der Waals surface area contributed by atoms with Crippen molar-refractivity contribution in [1.29, 1.82) is 0 Å². The van der Waals surface area contributed by atoms with Gasteiger partial charge in [-0.25, -0.2) is 0 Å². The molecule has 1 amide bonds. The van der Waals surface area contributed by atoms with Crippen LogP contribution in [0.15, 0.2) is 36.4 Å². The Balaban J connectivity index is 2.30. The number of phenolic OH excluding ortho intramolecular Hbond substituents is 1. The SMILES string of the molecule is COc1ccc(O)c(C(=O)Nc2cc(C)ccc2Cl)c1. The number of hydrogen-bond acceptors (Lipinski definition) is 3. The molecule has 2 aromatic rings. The van der Waals surface area contributed by atoms with E-state index in [0.29, 0.717) is 16.5 Å². The molecule has 0 spiro atoms. The summed E-state index contributed by atoms with van der Waals surface area (Å²) in [6.07, 6.45) is 0. The van der Waals surface area contributed by atoms with Crippen LogP contribution in [0, 0.1) is 6.92 Å². The van der Waals surface area contributed by atoms with Crippen molar-refractivity contribution in [3.63, 3.8) is 0 Å². The standard InChI is InChI=1S/C15H14ClNO3/c1-9-3-5-12(16)13(7-9)17-15(19)11-8-10(20-2)4-6-14(11)18/h3-8,18H,1-2H3,(H,17,19). The van der Waals surface area contributed by atoms with E-state index in [1.165, 1.54) is 19.2 Å². The maximum absolute atomic E-state index is 12.2. The van der Waals surface area contributed by atoms with Gasteiger partial charge < -0.3 is 15.2 Å². The number of aryl methyl sites for hydroxylation is 1. The lowest BCUT2D eigenvalue weighted by Gasteiger charge is -2.10. The van der Waals surface area contributed by atoms with Gasteiger partial charge in [0, 0.05) is 0 Å². The number of carbonyl (C=O) groups excluding carboxylic acids is 1. The molecule has 0 aromatic heterocycles. The molecule has 0 aliphatic carbocycles. The van der Waals surface area contributed by atoms with Crippen molar-refractivity contribution in [1.82, 2.24) is 0 Å². The quantitative estimate of drug-likeness (QED) is 0.908. The van der Waals surface area contributed by atoms with Crippen LogP contribution in [-0.4, -0.2) is 18.1 Å². The molecule has 2 rings (SSSR count). The van der Waals surface area contributed by atoms with E-state index in [-0.39, 0.29) is 11.3 Å². The van der Waals surface area contributed by atoms with Crippen molar-refractivity contribution in [3.05, 3.63) is 52.5 Å². The molecule has 0 bridgehead atoms. The number of benzene rings is 2. The molecular formula is C15H14ClNO3. The fraction of sp³-hybridized carbons (Fsp3) is 0.133. The van der Waals surface area contributed by atoms with E-state index in [1.807, 2.05) is 13.0 Å². The summed E-state index contributed by atoms with van der Waals surface area (Å²) in [7, 11) is 1.49. The Morgan fingerprint density at radius 2 is 2.00 bits per heavy atom. The lowest BCUT2D eigenvalue weighted by molar-refractivity contribution is 0.102. The highest BCUT2D eigenvalue weighted by molar-refractivity contribution is 6.34.